The van der Waals surface area contributed by atoms with E-state index in [1.54, 1.807) is 12.1 Å². The Morgan fingerprint density at radius 2 is 1.00 bits per heavy atom. The third kappa shape index (κ3) is 9.02. The minimum absolute atomic E-state index is 0.352. The first kappa shape index (κ1) is 30.0. The van der Waals surface area contributed by atoms with E-state index in [1.165, 1.54) is 82.0 Å². The second-order valence-electron chi connectivity index (χ2n) is 9.66. The van der Waals surface area contributed by atoms with Crippen molar-refractivity contribution in [3.63, 3.8) is 0 Å². The Kier molecular flexibility index (Phi) is 12.6. The predicted octanol–water partition coefficient (Wildman–Crippen LogP) is 6.90. The van der Waals surface area contributed by atoms with E-state index in [-0.39, 0.29) is 0 Å². The Hall–Kier alpha value is -2.22. The highest BCUT2D eigenvalue weighted by Gasteiger charge is 2.25. The molecule has 0 aliphatic heterocycles. The minimum atomic E-state index is -4.85. The van der Waals surface area contributed by atoms with Crippen LogP contribution in [0.4, 0.5) is 0 Å². The fourth-order valence-electron chi connectivity index (χ4n) is 4.82. The molecule has 0 N–H and O–H groups in total. The van der Waals surface area contributed by atoms with E-state index in [9.17, 15) is 13.0 Å². The SMILES string of the molecule is CCCC[N+](CCCC)(CCCC)CCCC.O=S(=O)([O-])ON=C1c2ccccc2-c2ccccc21. The van der Waals surface area contributed by atoms with E-state index in [1.807, 2.05) is 36.4 Å². The summed E-state index contributed by atoms with van der Waals surface area (Å²) >= 11 is 0. The van der Waals surface area contributed by atoms with Crippen molar-refractivity contribution in [2.75, 3.05) is 26.2 Å². The van der Waals surface area contributed by atoms with Crippen molar-refractivity contribution in [3.8, 4) is 11.1 Å². The molecule has 0 aromatic heterocycles. The molecule has 0 amide bonds. The summed E-state index contributed by atoms with van der Waals surface area (Å²) in [5, 5.41) is 3.49. The molecular formula is C29H44N2O4S. The average molecular weight is 517 g/mol. The van der Waals surface area contributed by atoms with Gasteiger partial charge in [0.2, 0.25) is 0 Å². The molecule has 1 aliphatic carbocycles. The standard InChI is InChI=1S/C16H36N.C13H9NO4S/c1-5-9-13-17(14-10-6-2,15-11-7-3)16-12-8-4;15-19(16,17)18-14-13-11-7-3-1-5-9(11)10-6-2-4-8-12(10)13/h5-16H2,1-4H3;1-8H,(H,15,16,17)/q+1;/p-1. The third-order valence-corrected chi connectivity index (χ3v) is 7.08. The van der Waals surface area contributed by atoms with Crippen LogP contribution in [0.5, 0.6) is 0 Å². The van der Waals surface area contributed by atoms with Crippen molar-refractivity contribution < 1.29 is 21.7 Å². The number of hydrogen-bond acceptors (Lipinski definition) is 5. The lowest BCUT2D eigenvalue weighted by Gasteiger charge is -2.39. The summed E-state index contributed by atoms with van der Waals surface area (Å²) in [7, 11) is -4.85. The van der Waals surface area contributed by atoms with Crippen molar-refractivity contribution in [3.05, 3.63) is 59.7 Å². The van der Waals surface area contributed by atoms with Gasteiger partial charge in [-0.3, -0.25) is 4.28 Å². The van der Waals surface area contributed by atoms with Crippen LogP contribution in [0.25, 0.3) is 11.1 Å². The molecule has 0 radical (unpaired) electrons. The van der Waals surface area contributed by atoms with E-state index in [4.69, 9.17) is 0 Å². The average Bonchev–Trinajstić information content (AvgIpc) is 3.20. The molecule has 0 saturated carbocycles. The van der Waals surface area contributed by atoms with Crippen LogP contribution in [0, 0.1) is 0 Å². The van der Waals surface area contributed by atoms with Crippen molar-refractivity contribution in [1.29, 1.82) is 0 Å². The number of rotatable bonds is 14. The second kappa shape index (κ2) is 15.1. The van der Waals surface area contributed by atoms with E-state index >= 15 is 0 Å². The molecule has 0 fully saturated rings. The summed E-state index contributed by atoms with van der Waals surface area (Å²) < 4.78 is 37.0. The number of nitrogens with zero attached hydrogens (tertiary/aromatic N) is 2. The summed E-state index contributed by atoms with van der Waals surface area (Å²) in [6, 6.07) is 14.8. The molecule has 3 rings (SSSR count). The first-order chi connectivity index (χ1) is 17.3. The number of benzene rings is 2. The summed E-state index contributed by atoms with van der Waals surface area (Å²) in [5.74, 6) is 0. The highest BCUT2D eigenvalue weighted by molar-refractivity contribution is 7.80. The molecule has 1 aliphatic rings. The molecule has 2 aromatic carbocycles. The molecule has 6 nitrogen and oxygen atoms in total. The fourth-order valence-corrected chi connectivity index (χ4v) is 4.99. The molecule has 0 atom stereocenters. The van der Waals surface area contributed by atoms with Gasteiger partial charge in [0.05, 0.1) is 26.2 Å². The smallest absolute Gasteiger partial charge is 0.284 e. The molecule has 0 bridgehead atoms. The lowest BCUT2D eigenvalue weighted by molar-refractivity contribution is -0.929. The monoisotopic (exact) mass is 516 g/mol. The van der Waals surface area contributed by atoms with Crippen LogP contribution in [0.2, 0.25) is 0 Å². The van der Waals surface area contributed by atoms with E-state index in [2.05, 4.69) is 37.1 Å². The normalized spacial score (nSPS) is 12.4. The van der Waals surface area contributed by atoms with Crippen LogP contribution in [-0.2, 0) is 14.7 Å². The molecule has 200 valence electrons. The molecule has 0 spiro atoms. The fraction of sp³-hybridized carbons (Fsp3) is 0.552. The zero-order chi connectivity index (χ0) is 26.4. The summed E-state index contributed by atoms with van der Waals surface area (Å²) in [6.45, 7) is 15.0. The van der Waals surface area contributed by atoms with Crippen LogP contribution < -0.4 is 0 Å². The van der Waals surface area contributed by atoms with Crippen LogP contribution in [0.3, 0.4) is 0 Å². The Morgan fingerprint density at radius 3 is 1.31 bits per heavy atom. The van der Waals surface area contributed by atoms with Gasteiger partial charge in [-0.25, -0.2) is 0 Å². The predicted molar refractivity (Wildman–Crippen MR) is 148 cm³/mol. The number of unbranched alkanes of at least 4 members (excludes halogenated alkanes) is 4. The molecular weight excluding hydrogens is 472 g/mol. The van der Waals surface area contributed by atoms with Crippen molar-refractivity contribution >= 4 is 16.1 Å². The van der Waals surface area contributed by atoms with Crippen molar-refractivity contribution in [1.82, 2.24) is 0 Å². The Balaban J connectivity index is 0.000000256. The van der Waals surface area contributed by atoms with E-state index in [0.29, 0.717) is 5.71 Å². The molecule has 0 saturated heterocycles. The Morgan fingerprint density at radius 1 is 0.667 bits per heavy atom. The minimum Gasteiger partial charge on any atom is -0.714 e. The molecule has 36 heavy (non-hydrogen) atoms. The topological polar surface area (TPSA) is 78.8 Å². The second-order valence-corrected chi connectivity index (χ2v) is 10.6. The molecule has 0 unspecified atom stereocenters. The largest absolute Gasteiger partial charge is 0.714 e. The van der Waals surface area contributed by atoms with Gasteiger partial charge >= 0.3 is 0 Å². The summed E-state index contributed by atoms with van der Waals surface area (Å²) in [5.41, 5.74) is 3.71. The van der Waals surface area contributed by atoms with Gasteiger partial charge in [0.1, 0.15) is 5.71 Å². The molecule has 7 heteroatoms. The van der Waals surface area contributed by atoms with Gasteiger partial charge in [-0.1, -0.05) is 107 Å². The molecule has 0 heterocycles. The number of hydrogen-bond donors (Lipinski definition) is 0. The number of quaternary nitrogens is 1. The van der Waals surface area contributed by atoms with Crippen molar-refractivity contribution in [2.45, 2.75) is 79.1 Å². The Bertz CT molecular complexity index is 981. The van der Waals surface area contributed by atoms with Gasteiger partial charge in [0.25, 0.3) is 10.4 Å². The van der Waals surface area contributed by atoms with Crippen LogP contribution in [0.1, 0.15) is 90.2 Å². The molecule has 2 aromatic rings. The van der Waals surface area contributed by atoms with E-state index < -0.39 is 10.4 Å². The zero-order valence-corrected chi connectivity index (χ0v) is 23.4. The van der Waals surface area contributed by atoms with E-state index in [0.717, 1.165) is 22.3 Å². The van der Waals surface area contributed by atoms with Gasteiger partial charge in [0.15, 0.2) is 0 Å². The van der Waals surface area contributed by atoms with Crippen LogP contribution in [-0.4, -0.2) is 49.3 Å². The maximum absolute atomic E-state index is 10.5. The number of fused-ring (bicyclic) bond motifs is 3. The maximum Gasteiger partial charge on any atom is 0.284 e. The third-order valence-electron chi connectivity index (χ3n) is 6.82. The first-order valence-electron chi connectivity index (χ1n) is 13.6. The highest BCUT2D eigenvalue weighted by atomic mass is 32.3. The number of oxime groups is 1. The summed E-state index contributed by atoms with van der Waals surface area (Å²) in [4.78, 5) is 0. The van der Waals surface area contributed by atoms with Crippen molar-refractivity contribution in [2.24, 2.45) is 5.16 Å². The van der Waals surface area contributed by atoms with Crippen LogP contribution >= 0.6 is 0 Å². The Labute approximate surface area is 218 Å². The van der Waals surface area contributed by atoms with Gasteiger partial charge in [0, 0.05) is 11.1 Å². The zero-order valence-electron chi connectivity index (χ0n) is 22.5. The van der Waals surface area contributed by atoms with Gasteiger partial charge < -0.3 is 9.04 Å². The maximum atomic E-state index is 10.5. The lowest BCUT2D eigenvalue weighted by Crippen LogP contribution is -2.50. The lowest BCUT2D eigenvalue weighted by atomic mass is 10.1. The quantitative estimate of drug-likeness (QED) is 0.101. The first-order valence-corrected chi connectivity index (χ1v) is 14.9. The van der Waals surface area contributed by atoms with Crippen LogP contribution in [0.15, 0.2) is 53.7 Å². The van der Waals surface area contributed by atoms with Gasteiger partial charge in [-0.15, -0.1) is 0 Å². The van der Waals surface area contributed by atoms with Gasteiger partial charge in [-0.2, -0.15) is 8.42 Å². The van der Waals surface area contributed by atoms with Gasteiger partial charge in [-0.05, 0) is 36.8 Å². The highest BCUT2D eigenvalue weighted by Crippen LogP contribution is 2.36. The summed E-state index contributed by atoms with van der Waals surface area (Å²) in [6.07, 6.45) is 11.1.